The first-order valence-electron chi connectivity index (χ1n) is 5.82. The van der Waals surface area contributed by atoms with E-state index in [1.807, 2.05) is 0 Å². The monoisotopic (exact) mass is 302 g/mol. The largest absolute Gasteiger partial charge is 0.414 e. The Morgan fingerprint density at radius 3 is 2.81 bits per heavy atom. The van der Waals surface area contributed by atoms with Crippen LogP contribution >= 0.6 is 11.6 Å². The summed E-state index contributed by atoms with van der Waals surface area (Å²) >= 11 is 5.90. The summed E-state index contributed by atoms with van der Waals surface area (Å²) in [6, 6.07) is 7.76. The number of hydrogen-bond donors (Lipinski definition) is 0. The van der Waals surface area contributed by atoms with Gasteiger partial charge in [-0.1, -0.05) is 11.6 Å². The highest BCUT2D eigenvalue weighted by molar-refractivity contribution is 6.31. The summed E-state index contributed by atoms with van der Waals surface area (Å²) in [7, 11) is 0. The van der Waals surface area contributed by atoms with Crippen molar-refractivity contribution in [2.45, 2.75) is 0 Å². The molecule has 0 unspecified atom stereocenters. The van der Waals surface area contributed by atoms with Crippen LogP contribution < -0.4 is 4.74 Å². The van der Waals surface area contributed by atoms with Crippen LogP contribution in [0.25, 0.3) is 10.9 Å². The minimum Gasteiger partial charge on any atom is -0.414 e. The summed E-state index contributed by atoms with van der Waals surface area (Å²) in [5, 5.41) is 12.1. The molecule has 0 radical (unpaired) electrons. The number of halogens is 1. The average Bonchev–Trinajstić information content (AvgIpc) is 2.47. The zero-order valence-electron chi connectivity index (χ0n) is 10.4. The maximum absolute atomic E-state index is 11.0. The SMILES string of the molecule is O=[N+]([O-])c1cccnc1Oc1ncnc2cc(Cl)ccc12. The van der Waals surface area contributed by atoms with Crippen molar-refractivity contribution < 1.29 is 9.66 Å². The summed E-state index contributed by atoms with van der Waals surface area (Å²) < 4.78 is 5.48. The van der Waals surface area contributed by atoms with Crippen LogP contribution in [0.5, 0.6) is 11.8 Å². The van der Waals surface area contributed by atoms with Gasteiger partial charge in [-0.05, 0) is 24.3 Å². The number of ether oxygens (including phenoxy) is 1. The van der Waals surface area contributed by atoms with E-state index in [1.165, 1.54) is 24.7 Å². The van der Waals surface area contributed by atoms with Crippen LogP contribution in [0.15, 0.2) is 42.9 Å². The molecular formula is C13H7ClN4O3. The van der Waals surface area contributed by atoms with Crippen molar-refractivity contribution in [3.05, 3.63) is 58.0 Å². The van der Waals surface area contributed by atoms with E-state index >= 15 is 0 Å². The zero-order chi connectivity index (χ0) is 14.8. The highest BCUT2D eigenvalue weighted by atomic mass is 35.5. The molecule has 0 bridgehead atoms. The molecule has 2 aromatic heterocycles. The molecule has 2 heterocycles. The molecule has 104 valence electrons. The van der Waals surface area contributed by atoms with E-state index in [0.717, 1.165) is 0 Å². The second-order valence-corrected chi connectivity index (χ2v) is 4.46. The third-order valence-electron chi connectivity index (χ3n) is 2.70. The zero-order valence-corrected chi connectivity index (χ0v) is 11.2. The molecule has 21 heavy (non-hydrogen) atoms. The third-order valence-corrected chi connectivity index (χ3v) is 2.94. The van der Waals surface area contributed by atoms with Gasteiger partial charge in [0.2, 0.25) is 5.88 Å². The molecule has 0 atom stereocenters. The topological polar surface area (TPSA) is 91.0 Å². The van der Waals surface area contributed by atoms with Gasteiger partial charge in [-0.25, -0.2) is 15.0 Å². The van der Waals surface area contributed by atoms with Gasteiger partial charge in [-0.3, -0.25) is 10.1 Å². The lowest BCUT2D eigenvalue weighted by atomic mass is 10.2. The lowest BCUT2D eigenvalue weighted by Crippen LogP contribution is -1.97. The highest BCUT2D eigenvalue weighted by Gasteiger charge is 2.18. The quantitative estimate of drug-likeness (QED) is 0.544. The fourth-order valence-electron chi connectivity index (χ4n) is 1.78. The number of rotatable bonds is 3. The van der Waals surface area contributed by atoms with Crippen LogP contribution in [-0.4, -0.2) is 19.9 Å². The Balaban J connectivity index is 2.09. The molecule has 3 aromatic rings. The molecule has 0 spiro atoms. The van der Waals surface area contributed by atoms with E-state index in [1.54, 1.807) is 18.2 Å². The third kappa shape index (κ3) is 2.59. The van der Waals surface area contributed by atoms with Gasteiger partial charge in [-0.2, -0.15) is 0 Å². The van der Waals surface area contributed by atoms with Gasteiger partial charge < -0.3 is 4.74 Å². The average molecular weight is 303 g/mol. The van der Waals surface area contributed by atoms with Crippen molar-refractivity contribution in [1.29, 1.82) is 0 Å². The molecule has 3 rings (SSSR count). The van der Waals surface area contributed by atoms with Crippen LogP contribution in [0.3, 0.4) is 0 Å². The molecule has 0 aliphatic carbocycles. The lowest BCUT2D eigenvalue weighted by Gasteiger charge is -2.06. The molecule has 7 nitrogen and oxygen atoms in total. The first kappa shape index (κ1) is 13.2. The number of hydrogen-bond acceptors (Lipinski definition) is 6. The Bertz CT molecular complexity index is 841. The predicted octanol–water partition coefficient (Wildman–Crippen LogP) is 3.38. The number of nitrogens with zero attached hydrogens (tertiary/aromatic N) is 4. The lowest BCUT2D eigenvalue weighted by molar-refractivity contribution is -0.386. The van der Waals surface area contributed by atoms with E-state index in [-0.39, 0.29) is 17.4 Å². The second kappa shape index (κ2) is 5.29. The minimum absolute atomic E-state index is 0.127. The Kier molecular flexibility index (Phi) is 3.33. The molecule has 0 aliphatic rings. The predicted molar refractivity (Wildman–Crippen MR) is 75.5 cm³/mol. The van der Waals surface area contributed by atoms with Gasteiger partial charge in [0, 0.05) is 17.3 Å². The van der Waals surface area contributed by atoms with Gasteiger partial charge >= 0.3 is 11.6 Å². The molecule has 0 saturated heterocycles. The standard InChI is InChI=1S/C13H7ClN4O3/c14-8-3-4-9-10(6-8)16-7-17-12(9)21-13-11(18(19)20)2-1-5-15-13/h1-7H. The Labute approximate surface area is 123 Å². The van der Waals surface area contributed by atoms with Gasteiger partial charge in [-0.15, -0.1) is 0 Å². The summed E-state index contributed by atoms with van der Waals surface area (Å²) in [4.78, 5) is 22.3. The van der Waals surface area contributed by atoms with E-state index in [2.05, 4.69) is 15.0 Å². The van der Waals surface area contributed by atoms with Crippen molar-refractivity contribution in [2.24, 2.45) is 0 Å². The fraction of sp³-hybridized carbons (Fsp3) is 0. The summed E-state index contributed by atoms with van der Waals surface area (Å²) in [6.07, 6.45) is 2.70. The molecule has 0 saturated carbocycles. The Morgan fingerprint density at radius 2 is 2.00 bits per heavy atom. The van der Waals surface area contributed by atoms with Gasteiger partial charge in [0.1, 0.15) is 6.33 Å². The Morgan fingerprint density at radius 1 is 1.14 bits per heavy atom. The van der Waals surface area contributed by atoms with Crippen LogP contribution in [0.4, 0.5) is 5.69 Å². The van der Waals surface area contributed by atoms with E-state index in [9.17, 15) is 10.1 Å². The van der Waals surface area contributed by atoms with Gasteiger partial charge in [0.25, 0.3) is 0 Å². The molecule has 0 fully saturated rings. The van der Waals surface area contributed by atoms with E-state index in [0.29, 0.717) is 15.9 Å². The van der Waals surface area contributed by atoms with Crippen LogP contribution in [0.2, 0.25) is 5.02 Å². The number of aromatic nitrogens is 3. The number of benzene rings is 1. The summed E-state index contributed by atoms with van der Waals surface area (Å²) in [5.41, 5.74) is 0.337. The minimum atomic E-state index is -0.567. The number of fused-ring (bicyclic) bond motifs is 1. The van der Waals surface area contributed by atoms with Crippen molar-refractivity contribution >= 4 is 28.2 Å². The fourth-order valence-corrected chi connectivity index (χ4v) is 1.94. The normalized spacial score (nSPS) is 10.5. The van der Waals surface area contributed by atoms with Crippen LogP contribution in [-0.2, 0) is 0 Å². The first-order chi connectivity index (χ1) is 10.1. The molecule has 1 aromatic carbocycles. The van der Waals surface area contributed by atoms with Crippen molar-refractivity contribution in [3.63, 3.8) is 0 Å². The van der Waals surface area contributed by atoms with E-state index < -0.39 is 4.92 Å². The van der Waals surface area contributed by atoms with Crippen LogP contribution in [0, 0.1) is 10.1 Å². The van der Waals surface area contributed by atoms with Gasteiger partial charge in [0.05, 0.1) is 15.8 Å². The molecule has 0 amide bonds. The molecule has 8 heteroatoms. The second-order valence-electron chi connectivity index (χ2n) is 4.03. The summed E-state index contributed by atoms with van der Waals surface area (Å²) in [5.74, 6) is 0.0518. The maximum atomic E-state index is 11.0. The van der Waals surface area contributed by atoms with Crippen LogP contribution in [0.1, 0.15) is 0 Å². The smallest absolute Gasteiger partial charge is 0.331 e. The highest BCUT2D eigenvalue weighted by Crippen LogP contribution is 2.31. The maximum Gasteiger partial charge on any atom is 0.331 e. The Hall–Kier alpha value is -2.80. The number of nitro groups is 1. The van der Waals surface area contributed by atoms with E-state index in [4.69, 9.17) is 16.3 Å². The van der Waals surface area contributed by atoms with Crippen molar-refractivity contribution in [3.8, 4) is 11.8 Å². The summed E-state index contributed by atoms with van der Waals surface area (Å²) in [6.45, 7) is 0. The molecular weight excluding hydrogens is 296 g/mol. The molecule has 0 aliphatic heterocycles. The van der Waals surface area contributed by atoms with Crippen molar-refractivity contribution in [1.82, 2.24) is 15.0 Å². The van der Waals surface area contributed by atoms with Crippen molar-refractivity contribution in [2.75, 3.05) is 0 Å². The molecule has 0 N–H and O–H groups in total. The first-order valence-corrected chi connectivity index (χ1v) is 6.20. The van der Waals surface area contributed by atoms with Gasteiger partial charge in [0.15, 0.2) is 0 Å². The number of pyridine rings is 1.